The van der Waals surface area contributed by atoms with E-state index >= 15 is 0 Å². The Morgan fingerprint density at radius 3 is 2.41 bits per heavy atom. The molecule has 116 valence electrons. The fraction of sp³-hybridized carbons (Fsp3) is 0.400. The molecular weight excluding hydrogens is 308 g/mol. The molecule has 0 atom stereocenters. The van der Waals surface area contributed by atoms with Crippen molar-refractivity contribution in [3.8, 4) is 5.75 Å². The zero-order valence-electron chi connectivity index (χ0n) is 11.8. The van der Waals surface area contributed by atoms with Gasteiger partial charge >= 0.3 is 17.8 Å². The van der Waals surface area contributed by atoms with Gasteiger partial charge in [-0.05, 0) is 43.5 Å². The van der Waals surface area contributed by atoms with Crippen LogP contribution in [0.4, 0.5) is 4.79 Å². The Morgan fingerprint density at radius 2 is 1.77 bits per heavy atom. The molecule has 1 heterocycles. The van der Waals surface area contributed by atoms with Crippen LogP contribution in [0, 0.1) is 0 Å². The van der Waals surface area contributed by atoms with Crippen LogP contribution in [-0.4, -0.2) is 46.8 Å². The lowest BCUT2D eigenvalue weighted by molar-refractivity contribution is -0.143. The fourth-order valence-electron chi connectivity index (χ4n) is 2.32. The first-order valence-corrected chi connectivity index (χ1v) is 7.53. The number of ether oxygens (including phenoxy) is 1. The van der Waals surface area contributed by atoms with E-state index in [9.17, 15) is 14.4 Å². The highest BCUT2D eigenvalue weighted by molar-refractivity contribution is 6.44. The number of benzene rings is 1. The fourth-order valence-corrected chi connectivity index (χ4v) is 2.44. The van der Waals surface area contributed by atoms with Crippen LogP contribution in [-0.2, 0) is 9.59 Å². The van der Waals surface area contributed by atoms with Crippen molar-refractivity contribution in [3.05, 3.63) is 29.3 Å². The number of carbonyl (C=O) groups is 3. The van der Waals surface area contributed by atoms with Crippen molar-refractivity contribution < 1.29 is 19.1 Å². The van der Waals surface area contributed by atoms with Gasteiger partial charge in [0, 0.05) is 17.6 Å². The molecule has 1 saturated carbocycles. The monoisotopic (exact) mass is 322 g/mol. The molecule has 1 aromatic rings. The summed E-state index contributed by atoms with van der Waals surface area (Å²) < 4.78 is 5.50. The molecule has 1 aliphatic heterocycles. The van der Waals surface area contributed by atoms with Gasteiger partial charge in [0.15, 0.2) is 0 Å². The van der Waals surface area contributed by atoms with E-state index in [-0.39, 0.29) is 12.6 Å². The Kier molecular flexibility index (Phi) is 4.02. The predicted octanol–water partition coefficient (Wildman–Crippen LogP) is 2.06. The van der Waals surface area contributed by atoms with Crippen molar-refractivity contribution in [3.63, 3.8) is 0 Å². The largest absolute Gasteiger partial charge is 0.494 e. The number of nitrogens with zero attached hydrogens (tertiary/aromatic N) is 2. The highest BCUT2D eigenvalue weighted by Gasteiger charge is 2.50. The van der Waals surface area contributed by atoms with E-state index in [0.29, 0.717) is 23.8 Å². The van der Waals surface area contributed by atoms with E-state index in [2.05, 4.69) is 0 Å². The lowest BCUT2D eigenvalue weighted by Gasteiger charge is -2.15. The van der Waals surface area contributed by atoms with Crippen LogP contribution in [0.15, 0.2) is 24.3 Å². The van der Waals surface area contributed by atoms with Gasteiger partial charge in [-0.25, -0.2) is 4.79 Å². The van der Waals surface area contributed by atoms with Crippen LogP contribution < -0.4 is 4.74 Å². The van der Waals surface area contributed by atoms with Gasteiger partial charge in [-0.1, -0.05) is 11.6 Å². The third kappa shape index (κ3) is 2.92. The normalized spacial score (nSPS) is 18.3. The van der Waals surface area contributed by atoms with Crippen LogP contribution >= 0.6 is 11.6 Å². The maximum absolute atomic E-state index is 12.1. The molecular formula is C15H15ClN2O4. The van der Waals surface area contributed by atoms with Crippen LogP contribution in [0.2, 0.25) is 5.02 Å². The van der Waals surface area contributed by atoms with Crippen LogP contribution in [0.5, 0.6) is 5.75 Å². The summed E-state index contributed by atoms with van der Waals surface area (Å²) in [7, 11) is 0. The highest BCUT2D eigenvalue weighted by atomic mass is 35.5. The molecule has 0 spiro atoms. The Morgan fingerprint density at radius 1 is 1.09 bits per heavy atom. The second-order valence-corrected chi connectivity index (χ2v) is 5.74. The number of amides is 4. The zero-order valence-corrected chi connectivity index (χ0v) is 12.6. The molecule has 3 rings (SSSR count). The van der Waals surface area contributed by atoms with Crippen molar-refractivity contribution in [2.45, 2.75) is 25.3 Å². The van der Waals surface area contributed by atoms with Gasteiger partial charge < -0.3 is 4.74 Å². The number of rotatable bonds is 6. The van der Waals surface area contributed by atoms with E-state index < -0.39 is 17.8 Å². The second-order valence-electron chi connectivity index (χ2n) is 5.30. The summed E-state index contributed by atoms with van der Waals surface area (Å²) in [6.45, 7) is 0.524. The van der Waals surface area contributed by atoms with Crippen LogP contribution in [0.3, 0.4) is 0 Å². The predicted molar refractivity (Wildman–Crippen MR) is 78.5 cm³/mol. The molecule has 7 heteroatoms. The van der Waals surface area contributed by atoms with Crippen LogP contribution in [0.1, 0.15) is 19.3 Å². The topological polar surface area (TPSA) is 66.9 Å². The maximum Gasteiger partial charge on any atom is 0.334 e. The van der Waals surface area contributed by atoms with Gasteiger partial charge in [0.25, 0.3) is 0 Å². The van der Waals surface area contributed by atoms with E-state index in [4.69, 9.17) is 16.3 Å². The van der Waals surface area contributed by atoms with Crippen molar-refractivity contribution in [2.75, 3.05) is 13.2 Å². The van der Waals surface area contributed by atoms with Gasteiger partial charge in [-0.3, -0.25) is 19.4 Å². The number of halogens is 1. The lowest BCUT2D eigenvalue weighted by atomic mass is 10.3. The number of imide groups is 2. The maximum atomic E-state index is 12.1. The molecule has 0 radical (unpaired) electrons. The minimum absolute atomic E-state index is 0.0840. The van der Waals surface area contributed by atoms with Crippen LogP contribution in [0.25, 0.3) is 0 Å². The number of carbonyl (C=O) groups excluding carboxylic acids is 3. The van der Waals surface area contributed by atoms with E-state index in [1.54, 1.807) is 24.3 Å². The Hall–Kier alpha value is -2.08. The highest BCUT2D eigenvalue weighted by Crippen LogP contribution is 2.31. The summed E-state index contributed by atoms with van der Waals surface area (Å²) in [6, 6.07) is 6.34. The molecule has 2 aliphatic rings. The first kappa shape index (κ1) is 14.8. The van der Waals surface area contributed by atoms with Crippen molar-refractivity contribution in [1.82, 2.24) is 9.80 Å². The molecule has 1 aromatic carbocycles. The molecule has 6 nitrogen and oxygen atoms in total. The number of urea groups is 1. The smallest absolute Gasteiger partial charge is 0.334 e. The summed E-state index contributed by atoms with van der Waals surface area (Å²) >= 11 is 5.78. The Labute approximate surface area is 132 Å². The number of hydrogen-bond acceptors (Lipinski definition) is 4. The number of hydrogen-bond donors (Lipinski definition) is 0. The molecule has 0 bridgehead atoms. The summed E-state index contributed by atoms with van der Waals surface area (Å²) in [6.07, 6.45) is 2.04. The summed E-state index contributed by atoms with van der Waals surface area (Å²) in [4.78, 5) is 37.7. The van der Waals surface area contributed by atoms with Crippen molar-refractivity contribution >= 4 is 29.4 Å². The van der Waals surface area contributed by atoms with Gasteiger partial charge in [-0.2, -0.15) is 0 Å². The third-order valence-corrected chi connectivity index (χ3v) is 3.86. The molecule has 2 fully saturated rings. The van der Waals surface area contributed by atoms with Crippen molar-refractivity contribution in [1.29, 1.82) is 0 Å². The molecule has 4 amide bonds. The van der Waals surface area contributed by atoms with E-state index in [0.717, 1.165) is 22.6 Å². The molecule has 22 heavy (non-hydrogen) atoms. The quantitative estimate of drug-likeness (QED) is 0.457. The van der Waals surface area contributed by atoms with Gasteiger partial charge in [0.1, 0.15) is 5.75 Å². The molecule has 0 unspecified atom stereocenters. The average Bonchev–Trinajstić information content (AvgIpc) is 3.30. The summed E-state index contributed by atoms with van der Waals surface area (Å²) in [5.41, 5.74) is 0. The zero-order chi connectivity index (χ0) is 15.7. The minimum Gasteiger partial charge on any atom is -0.494 e. The summed E-state index contributed by atoms with van der Waals surface area (Å²) in [5.74, 6) is -0.770. The first-order chi connectivity index (χ1) is 10.6. The van der Waals surface area contributed by atoms with E-state index in [1.165, 1.54) is 0 Å². The molecule has 1 aliphatic carbocycles. The SMILES string of the molecule is O=C1C(=O)N(C2CC2)C(=O)N1CCCOc1ccc(Cl)cc1. The standard InChI is InChI=1S/C15H15ClN2O4/c16-10-2-6-12(7-3-10)22-9-1-8-17-13(19)14(20)18(15(17)21)11-4-5-11/h2-3,6-7,11H,1,4-5,8-9H2. The van der Waals surface area contributed by atoms with E-state index in [1.807, 2.05) is 0 Å². The second kappa shape index (κ2) is 5.96. The minimum atomic E-state index is -0.733. The third-order valence-electron chi connectivity index (χ3n) is 3.60. The lowest BCUT2D eigenvalue weighted by Crippen LogP contribution is -2.35. The summed E-state index contributed by atoms with van der Waals surface area (Å²) in [5, 5.41) is 0.624. The Balaban J connectivity index is 1.49. The average molecular weight is 323 g/mol. The van der Waals surface area contributed by atoms with Gasteiger partial charge in [0.05, 0.1) is 6.61 Å². The molecule has 1 saturated heterocycles. The first-order valence-electron chi connectivity index (χ1n) is 7.15. The molecule has 0 N–H and O–H groups in total. The molecule has 0 aromatic heterocycles. The van der Waals surface area contributed by atoms with Gasteiger partial charge in [-0.15, -0.1) is 0 Å². The Bertz CT molecular complexity index is 612. The van der Waals surface area contributed by atoms with Crippen molar-refractivity contribution in [2.24, 2.45) is 0 Å². The van der Waals surface area contributed by atoms with Gasteiger partial charge in [0.2, 0.25) is 0 Å².